The Kier molecular flexibility index (Phi) is 2.47. The molecular formula is C10H11N3S. The van der Waals surface area contributed by atoms with E-state index in [9.17, 15) is 0 Å². The Hall–Kier alpha value is -1.39. The van der Waals surface area contributed by atoms with Crippen LogP contribution in [-0.4, -0.2) is 4.98 Å². The van der Waals surface area contributed by atoms with Gasteiger partial charge < -0.3 is 11.5 Å². The molecule has 0 amide bonds. The van der Waals surface area contributed by atoms with E-state index >= 15 is 0 Å². The lowest BCUT2D eigenvalue weighted by Gasteiger charge is -2.03. The minimum absolute atomic E-state index is 0.511. The Morgan fingerprint density at radius 1 is 1.29 bits per heavy atom. The molecule has 0 aliphatic rings. The summed E-state index contributed by atoms with van der Waals surface area (Å²) < 4.78 is 0. The van der Waals surface area contributed by atoms with Crippen molar-refractivity contribution < 1.29 is 0 Å². The van der Waals surface area contributed by atoms with Gasteiger partial charge in [0.2, 0.25) is 0 Å². The summed E-state index contributed by atoms with van der Waals surface area (Å²) in [6.45, 7) is 0.511. The number of benzene rings is 1. The van der Waals surface area contributed by atoms with Crippen LogP contribution < -0.4 is 11.5 Å². The van der Waals surface area contributed by atoms with Gasteiger partial charge in [0.1, 0.15) is 0 Å². The second kappa shape index (κ2) is 3.77. The Labute approximate surface area is 86.4 Å². The molecule has 0 saturated carbocycles. The molecule has 4 heteroatoms. The number of nitrogen functional groups attached to an aromatic ring is 1. The van der Waals surface area contributed by atoms with Crippen molar-refractivity contribution in [3.8, 4) is 10.4 Å². The number of rotatable bonds is 2. The molecule has 1 aromatic carbocycles. The molecule has 0 spiro atoms. The summed E-state index contributed by atoms with van der Waals surface area (Å²) in [6.07, 6.45) is 1.83. The van der Waals surface area contributed by atoms with Gasteiger partial charge in [-0.15, -0.1) is 11.3 Å². The summed E-state index contributed by atoms with van der Waals surface area (Å²) in [4.78, 5) is 5.15. The van der Waals surface area contributed by atoms with Gasteiger partial charge in [0.05, 0.1) is 10.4 Å². The van der Waals surface area contributed by atoms with Crippen molar-refractivity contribution in [1.82, 2.24) is 4.98 Å². The van der Waals surface area contributed by atoms with Crippen LogP contribution in [0.25, 0.3) is 10.4 Å². The van der Waals surface area contributed by atoms with Crippen LogP contribution >= 0.6 is 11.3 Å². The highest BCUT2D eigenvalue weighted by Gasteiger charge is 2.02. The molecule has 3 nitrogen and oxygen atoms in total. The molecule has 0 bridgehead atoms. The third kappa shape index (κ3) is 1.76. The molecule has 0 radical (unpaired) electrons. The molecule has 14 heavy (non-hydrogen) atoms. The van der Waals surface area contributed by atoms with Gasteiger partial charge in [-0.25, -0.2) is 0 Å². The highest BCUT2D eigenvalue weighted by Crippen LogP contribution is 2.26. The molecule has 0 aliphatic carbocycles. The molecule has 1 aromatic heterocycles. The summed E-state index contributed by atoms with van der Waals surface area (Å²) in [5.74, 6) is 0. The summed E-state index contributed by atoms with van der Waals surface area (Å²) in [5.41, 5.74) is 16.0. The van der Waals surface area contributed by atoms with Crippen LogP contribution in [-0.2, 0) is 6.54 Å². The fourth-order valence-corrected chi connectivity index (χ4v) is 1.95. The van der Waals surface area contributed by atoms with Crippen molar-refractivity contribution in [1.29, 1.82) is 0 Å². The monoisotopic (exact) mass is 205 g/mol. The topological polar surface area (TPSA) is 64.9 Å². The van der Waals surface area contributed by atoms with Crippen molar-refractivity contribution in [3.63, 3.8) is 0 Å². The van der Waals surface area contributed by atoms with E-state index < -0.39 is 0 Å². The maximum Gasteiger partial charge on any atom is 0.0797 e. The quantitative estimate of drug-likeness (QED) is 0.735. The molecule has 0 unspecified atom stereocenters. The Morgan fingerprint density at radius 3 is 2.79 bits per heavy atom. The first-order chi connectivity index (χ1) is 6.79. The maximum atomic E-state index is 5.77. The second-order valence-electron chi connectivity index (χ2n) is 3.03. The van der Waals surface area contributed by atoms with E-state index in [0.717, 1.165) is 21.7 Å². The lowest BCUT2D eigenvalue weighted by Crippen LogP contribution is -1.98. The van der Waals surface area contributed by atoms with Crippen LogP contribution in [0.4, 0.5) is 5.69 Å². The minimum atomic E-state index is 0.511. The van der Waals surface area contributed by atoms with E-state index in [0.29, 0.717) is 6.54 Å². The van der Waals surface area contributed by atoms with Gasteiger partial charge in [-0.05, 0) is 29.3 Å². The third-order valence-electron chi connectivity index (χ3n) is 1.97. The van der Waals surface area contributed by atoms with Crippen LogP contribution in [0.2, 0.25) is 0 Å². The van der Waals surface area contributed by atoms with Crippen molar-refractivity contribution in [2.45, 2.75) is 6.54 Å². The van der Waals surface area contributed by atoms with Gasteiger partial charge >= 0.3 is 0 Å². The average Bonchev–Trinajstić information content (AvgIpc) is 2.69. The van der Waals surface area contributed by atoms with Gasteiger partial charge in [-0.1, -0.05) is 0 Å². The van der Waals surface area contributed by atoms with Crippen LogP contribution in [0, 0.1) is 0 Å². The molecule has 2 aromatic rings. The number of anilines is 1. The Morgan fingerprint density at radius 2 is 2.14 bits per heavy atom. The summed E-state index contributed by atoms with van der Waals surface area (Å²) in [5, 5.41) is 0. The molecular weight excluding hydrogens is 194 g/mol. The van der Waals surface area contributed by atoms with E-state index in [1.807, 2.05) is 24.4 Å². The predicted octanol–water partition coefficient (Wildman–Crippen LogP) is 1.85. The van der Waals surface area contributed by atoms with Crippen LogP contribution in [0.3, 0.4) is 0 Å². The number of thiazole rings is 1. The van der Waals surface area contributed by atoms with E-state index in [1.54, 1.807) is 16.8 Å². The highest BCUT2D eigenvalue weighted by atomic mass is 32.1. The minimum Gasteiger partial charge on any atom is -0.399 e. The van der Waals surface area contributed by atoms with Crippen molar-refractivity contribution in [2.24, 2.45) is 5.73 Å². The second-order valence-corrected chi connectivity index (χ2v) is 3.92. The van der Waals surface area contributed by atoms with Gasteiger partial charge in [0.15, 0.2) is 0 Å². The Balaban J connectivity index is 2.48. The van der Waals surface area contributed by atoms with Crippen LogP contribution in [0.1, 0.15) is 5.56 Å². The lowest BCUT2D eigenvalue weighted by molar-refractivity contribution is 1.07. The molecule has 1 heterocycles. The maximum absolute atomic E-state index is 5.77. The van der Waals surface area contributed by atoms with E-state index in [-0.39, 0.29) is 0 Å². The fourth-order valence-electron chi connectivity index (χ4n) is 1.34. The smallest absolute Gasteiger partial charge is 0.0797 e. The summed E-state index contributed by atoms with van der Waals surface area (Å²) in [6, 6.07) is 5.88. The molecule has 0 fully saturated rings. The first-order valence-corrected chi connectivity index (χ1v) is 5.16. The van der Waals surface area contributed by atoms with Crippen LogP contribution in [0.5, 0.6) is 0 Å². The van der Waals surface area contributed by atoms with Crippen molar-refractivity contribution >= 4 is 17.0 Å². The Bertz CT molecular complexity index is 423. The molecule has 72 valence electrons. The van der Waals surface area contributed by atoms with Gasteiger partial charge in [0.25, 0.3) is 0 Å². The van der Waals surface area contributed by atoms with E-state index in [2.05, 4.69) is 4.98 Å². The van der Waals surface area contributed by atoms with Gasteiger partial charge in [-0.2, -0.15) is 0 Å². The zero-order valence-corrected chi connectivity index (χ0v) is 8.42. The molecule has 4 N–H and O–H groups in total. The molecule has 0 atom stereocenters. The SMILES string of the molecule is NCc1cc(N)cc(-c2cncs2)c1. The van der Waals surface area contributed by atoms with Crippen molar-refractivity contribution in [2.75, 3.05) is 5.73 Å². The number of hydrogen-bond donors (Lipinski definition) is 2. The number of nitrogens with zero attached hydrogens (tertiary/aromatic N) is 1. The zero-order valence-electron chi connectivity index (χ0n) is 7.60. The van der Waals surface area contributed by atoms with Crippen LogP contribution in [0.15, 0.2) is 29.9 Å². The summed E-state index contributed by atoms with van der Waals surface area (Å²) >= 11 is 1.60. The number of hydrogen-bond acceptors (Lipinski definition) is 4. The van der Waals surface area contributed by atoms with Crippen molar-refractivity contribution in [3.05, 3.63) is 35.5 Å². The number of aromatic nitrogens is 1. The third-order valence-corrected chi connectivity index (χ3v) is 2.79. The summed E-state index contributed by atoms with van der Waals surface area (Å²) in [7, 11) is 0. The highest BCUT2D eigenvalue weighted by molar-refractivity contribution is 7.13. The molecule has 0 saturated heterocycles. The number of nitrogens with two attached hydrogens (primary N) is 2. The van der Waals surface area contributed by atoms with E-state index in [4.69, 9.17) is 11.5 Å². The molecule has 0 aliphatic heterocycles. The molecule has 2 rings (SSSR count). The van der Waals surface area contributed by atoms with E-state index in [1.165, 1.54) is 0 Å². The first-order valence-electron chi connectivity index (χ1n) is 4.28. The lowest BCUT2D eigenvalue weighted by atomic mass is 10.1. The predicted molar refractivity (Wildman–Crippen MR) is 59.9 cm³/mol. The standard InChI is InChI=1S/C10H11N3S/c11-4-7-1-8(3-9(12)2-7)10-5-13-6-14-10/h1-3,5-6H,4,11-12H2. The van der Waals surface area contributed by atoms with Gasteiger partial charge in [-0.3, -0.25) is 4.98 Å². The average molecular weight is 205 g/mol. The largest absolute Gasteiger partial charge is 0.399 e. The normalized spacial score (nSPS) is 10.4. The zero-order chi connectivity index (χ0) is 9.97. The fraction of sp³-hybridized carbons (Fsp3) is 0.100. The first kappa shape index (κ1) is 9.18. The van der Waals surface area contributed by atoms with Gasteiger partial charge in [0, 0.05) is 18.4 Å².